The van der Waals surface area contributed by atoms with Crippen LogP contribution in [-0.4, -0.2) is 34.6 Å². The van der Waals surface area contributed by atoms with Crippen LogP contribution in [0.25, 0.3) is 0 Å². The van der Waals surface area contributed by atoms with E-state index in [0.717, 1.165) is 0 Å². The number of rotatable bonds is 2. The van der Waals surface area contributed by atoms with Gasteiger partial charge in [-0.3, -0.25) is 4.57 Å². The van der Waals surface area contributed by atoms with Crippen molar-refractivity contribution in [2.45, 2.75) is 13.8 Å². The Labute approximate surface area is 90.8 Å². The molecule has 0 aromatic heterocycles. The van der Waals surface area contributed by atoms with Crippen molar-refractivity contribution in [2.24, 2.45) is 0 Å². The van der Waals surface area contributed by atoms with Crippen molar-refractivity contribution in [2.75, 3.05) is 12.3 Å². The van der Waals surface area contributed by atoms with E-state index < -0.39 is 7.37 Å². The topological polar surface area (TPSA) is 37.3 Å². The van der Waals surface area contributed by atoms with E-state index in [2.05, 4.69) is 0 Å². The minimum atomic E-state index is -2.65. The van der Waals surface area contributed by atoms with Crippen molar-refractivity contribution in [3.05, 3.63) is 0 Å². The largest absolute Gasteiger partial charge is 1.00 e. The fourth-order valence-corrected chi connectivity index (χ4v) is 0.671. The van der Waals surface area contributed by atoms with E-state index in [0.29, 0.717) is 12.3 Å². The maximum atomic E-state index is 10.5. The van der Waals surface area contributed by atoms with Gasteiger partial charge in [-0.1, -0.05) is 13.8 Å². The van der Waals surface area contributed by atoms with E-state index in [1.165, 1.54) is 0 Å². The second-order valence-corrected chi connectivity index (χ2v) is 4.44. The molecule has 0 heterocycles. The van der Waals surface area contributed by atoms with Gasteiger partial charge in [0.05, 0.1) is 0 Å². The number of hydrogen-bond donors (Lipinski definition) is 1. The second-order valence-electron chi connectivity index (χ2n) is 1.48. The molecule has 0 amide bonds. The van der Waals surface area contributed by atoms with Crippen molar-refractivity contribution in [3.63, 3.8) is 0 Å². The third-order valence-corrected chi connectivity index (χ3v) is 2.96. The molecule has 0 rings (SSSR count). The first-order valence-corrected chi connectivity index (χ1v) is 4.46. The van der Waals surface area contributed by atoms with E-state index in [9.17, 15) is 4.57 Å². The summed E-state index contributed by atoms with van der Waals surface area (Å²) in [5, 5.41) is 0. The van der Waals surface area contributed by atoms with Crippen LogP contribution in [0.2, 0.25) is 0 Å². The van der Waals surface area contributed by atoms with E-state index >= 15 is 0 Å². The molecule has 0 atom stereocenters. The van der Waals surface area contributed by atoms with Crippen LogP contribution < -0.4 is 29.6 Å². The number of hydrogen-bond acceptors (Lipinski definition) is 1. The van der Waals surface area contributed by atoms with Crippen molar-refractivity contribution in [3.8, 4) is 0 Å². The molecule has 0 aliphatic rings. The van der Waals surface area contributed by atoms with Gasteiger partial charge in [0.25, 0.3) is 0 Å². The molecular formula is C4H15AlNaO2P. The quantitative estimate of drug-likeness (QED) is 0.365. The van der Waals surface area contributed by atoms with Crippen molar-refractivity contribution < 1.29 is 40.4 Å². The molecule has 0 aliphatic heterocycles. The van der Waals surface area contributed by atoms with Crippen LogP contribution in [-0.2, 0) is 4.57 Å². The van der Waals surface area contributed by atoms with Crippen LogP contribution in [0.5, 0.6) is 0 Å². The zero-order chi connectivity index (χ0) is 5.91. The molecule has 2 nitrogen and oxygen atoms in total. The summed E-state index contributed by atoms with van der Waals surface area (Å²) in [6.45, 7) is 3.45. The predicted octanol–water partition coefficient (Wildman–Crippen LogP) is -2.77. The molecule has 0 saturated carbocycles. The molecule has 0 spiro atoms. The Morgan fingerprint density at radius 1 is 1.44 bits per heavy atom. The standard InChI is InChI=1S/C4H11O2P.Al.Na.4H/c1-3-7(5,6)4-2;;;;;;/h3-4H2,1-2H3,(H,5,6);;;;;;/q;;+1;;;;-1. The normalized spacial score (nSPS) is 9.22. The molecule has 1 N–H and O–H groups in total. The Kier molecular flexibility index (Phi) is 14.8. The Hall–Kier alpha value is 1.72. The monoisotopic (exact) mass is 176 g/mol. The van der Waals surface area contributed by atoms with Gasteiger partial charge in [0.1, 0.15) is 0 Å². The van der Waals surface area contributed by atoms with Gasteiger partial charge in [-0.15, -0.1) is 0 Å². The maximum absolute atomic E-state index is 10.5. The first-order chi connectivity index (χ1) is 3.12. The van der Waals surface area contributed by atoms with E-state index in [4.69, 9.17) is 4.89 Å². The van der Waals surface area contributed by atoms with Gasteiger partial charge in [0.2, 0.25) is 0 Å². The summed E-state index contributed by atoms with van der Waals surface area (Å²) in [5.74, 6) is 0. The van der Waals surface area contributed by atoms with Crippen LogP contribution in [0.15, 0.2) is 0 Å². The maximum Gasteiger partial charge on any atom is 1.00 e. The van der Waals surface area contributed by atoms with Gasteiger partial charge in [-0.25, -0.2) is 0 Å². The minimum Gasteiger partial charge on any atom is -1.00 e. The van der Waals surface area contributed by atoms with Gasteiger partial charge in [0.15, 0.2) is 24.7 Å². The van der Waals surface area contributed by atoms with Crippen LogP contribution in [0, 0.1) is 0 Å². The van der Waals surface area contributed by atoms with Gasteiger partial charge in [-0.05, 0) is 0 Å². The molecular weight excluding hydrogens is 161 g/mol. The minimum absolute atomic E-state index is 0. The molecule has 0 unspecified atom stereocenters. The van der Waals surface area contributed by atoms with Crippen LogP contribution in [0.4, 0.5) is 0 Å². The molecule has 0 aromatic rings. The molecule has 0 aliphatic carbocycles. The summed E-state index contributed by atoms with van der Waals surface area (Å²) >= 11 is 0. The van der Waals surface area contributed by atoms with Gasteiger partial charge in [-0.2, -0.15) is 0 Å². The Morgan fingerprint density at radius 3 is 1.67 bits per heavy atom. The van der Waals surface area contributed by atoms with Crippen molar-refractivity contribution in [1.82, 2.24) is 0 Å². The first kappa shape index (κ1) is 17.0. The van der Waals surface area contributed by atoms with Crippen LogP contribution in [0.3, 0.4) is 0 Å². The third kappa shape index (κ3) is 9.72. The smallest absolute Gasteiger partial charge is 1.00 e. The Balaban J connectivity index is -0.0000000600. The van der Waals surface area contributed by atoms with Crippen molar-refractivity contribution >= 4 is 24.7 Å². The zero-order valence-corrected chi connectivity index (χ0v) is 8.61. The SMILES string of the molecule is CCP(=O)(O)CC.[AlH3].[H-].[Na+]. The molecule has 0 fully saturated rings. The molecule has 0 radical (unpaired) electrons. The fraction of sp³-hybridized carbons (Fsp3) is 1.00. The van der Waals surface area contributed by atoms with Crippen LogP contribution >= 0.6 is 7.37 Å². The first-order valence-electron chi connectivity index (χ1n) is 2.43. The molecule has 0 saturated heterocycles. The summed E-state index contributed by atoms with van der Waals surface area (Å²) in [4.78, 5) is 8.69. The zero-order valence-electron chi connectivity index (χ0n) is 6.72. The molecule has 9 heavy (non-hydrogen) atoms. The van der Waals surface area contributed by atoms with E-state index in [1.807, 2.05) is 0 Å². The van der Waals surface area contributed by atoms with Crippen molar-refractivity contribution in [1.29, 1.82) is 0 Å². The third-order valence-electron chi connectivity index (χ3n) is 0.988. The van der Waals surface area contributed by atoms with E-state index in [-0.39, 0.29) is 48.3 Å². The summed E-state index contributed by atoms with van der Waals surface area (Å²) in [7, 11) is -2.65. The van der Waals surface area contributed by atoms with E-state index in [1.54, 1.807) is 13.8 Å². The van der Waals surface area contributed by atoms with Gasteiger partial charge >= 0.3 is 29.6 Å². The van der Waals surface area contributed by atoms with Gasteiger partial charge < -0.3 is 6.32 Å². The average molecular weight is 176 g/mol. The van der Waals surface area contributed by atoms with Crippen LogP contribution in [0.1, 0.15) is 15.3 Å². The summed E-state index contributed by atoms with van der Waals surface area (Å²) < 4.78 is 10.5. The summed E-state index contributed by atoms with van der Waals surface area (Å²) in [6, 6.07) is 0. The predicted molar refractivity (Wildman–Crippen MR) is 42.0 cm³/mol. The average Bonchev–Trinajstić information content (AvgIpc) is 1.68. The Morgan fingerprint density at radius 2 is 1.67 bits per heavy atom. The molecule has 52 valence electrons. The summed E-state index contributed by atoms with van der Waals surface area (Å²) in [6.07, 6.45) is 0.812. The summed E-state index contributed by atoms with van der Waals surface area (Å²) in [5.41, 5.74) is 0. The second kappa shape index (κ2) is 7.83. The molecule has 5 heteroatoms. The Bertz CT molecular complexity index is 95.3. The fourth-order valence-electron chi connectivity index (χ4n) is 0.224. The molecule has 0 aromatic carbocycles. The van der Waals surface area contributed by atoms with Gasteiger partial charge in [0, 0.05) is 12.3 Å². The molecule has 0 bridgehead atoms.